The second kappa shape index (κ2) is 10.6. The van der Waals surface area contributed by atoms with Crippen molar-refractivity contribution in [2.24, 2.45) is 0 Å². The van der Waals surface area contributed by atoms with Gasteiger partial charge in [-0.1, -0.05) is 0 Å². The summed E-state index contributed by atoms with van der Waals surface area (Å²) in [5.74, 6) is -0.931. The van der Waals surface area contributed by atoms with Gasteiger partial charge in [-0.05, 0) is 56.2 Å². The van der Waals surface area contributed by atoms with Crippen LogP contribution < -0.4 is 5.32 Å². The summed E-state index contributed by atoms with van der Waals surface area (Å²) in [6.07, 6.45) is 7.57. The van der Waals surface area contributed by atoms with E-state index in [-0.39, 0.29) is 40.8 Å². The van der Waals surface area contributed by atoms with Crippen molar-refractivity contribution < 1.29 is 17.2 Å². The molecular weight excluding hydrogens is 562 g/mol. The van der Waals surface area contributed by atoms with Crippen molar-refractivity contribution in [2.45, 2.75) is 26.3 Å². The lowest BCUT2D eigenvalue weighted by molar-refractivity contribution is 0.600. The Hall–Kier alpha value is -4.78. The van der Waals surface area contributed by atoms with E-state index in [1.165, 1.54) is 18.3 Å². The molecule has 5 aromatic heterocycles. The zero-order valence-electron chi connectivity index (χ0n) is 22.9. The molecule has 6 aromatic rings. The van der Waals surface area contributed by atoms with E-state index in [2.05, 4.69) is 40.4 Å². The number of aryl methyl sites for hydroxylation is 1. The maximum absolute atomic E-state index is 16.1. The van der Waals surface area contributed by atoms with E-state index in [0.717, 1.165) is 11.9 Å². The Morgan fingerprint density at radius 2 is 1.79 bits per heavy atom. The number of fused-ring (bicyclic) bond motifs is 2. The lowest BCUT2D eigenvalue weighted by Gasteiger charge is -2.11. The molecule has 0 amide bonds. The molecule has 0 aliphatic carbocycles. The first-order valence-electron chi connectivity index (χ1n) is 13.1. The van der Waals surface area contributed by atoms with Gasteiger partial charge in [0.25, 0.3) is 0 Å². The van der Waals surface area contributed by atoms with Crippen molar-refractivity contribution in [3.8, 4) is 34.0 Å². The number of halogens is 2. The van der Waals surface area contributed by atoms with E-state index >= 15 is 4.39 Å². The van der Waals surface area contributed by atoms with E-state index in [1.54, 1.807) is 36.8 Å². The standard InChI is InChI=1S/C29H26F2N8O2S/c1-15(2)35-20-11-18(12-32-13-20)25-24(31)23-22(14-34-25)38-39-28(23)29-36-21-4-6-33-26(27(21)37-29)17-8-16(9-19(30)10-17)5-7-42(3,40)41/h4,6,8-15,35H,5,7H2,1-3H3,(H,36,37)(H,38,39). The smallest absolute Gasteiger partial charge is 0.161 e. The minimum atomic E-state index is -3.23. The number of rotatable bonds is 8. The van der Waals surface area contributed by atoms with Crippen molar-refractivity contribution in [3.63, 3.8) is 0 Å². The maximum Gasteiger partial charge on any atom is 0.161 e. The van der Waals surface area contributed by atoms with Crippen LogP contribution in [-0.4, -0.2) is 61.6 Å². The largest absolute Gasteiger partial charge is 0.382 e. The van der Waals surface area contributed by atoms with E-state index in [9.17, 15) is 12.8 Å². The number of imidazole rings is 1. The molecule has 0 aliphatic heterocycles. The fourth-order valence-corrected chi connectivity index (χ4v) is 5.43. The number of H-pyrrole nitrogens is 2. The lowest BCUT2D eigenvalue weighted by atomic mass is 10.0. The van der Waals surface area contributed by atoms with Crippen LogP contribution in [0, 0.1) is 11.6 Å². The number of nitrogens with zero attached hydrogens (tertiary/aromatic N) is 5. The second-order valence-corrected chi connectivity index (χ2v) is 12.7. The fourth-order valence-electron chi connectivity index (χ4n) is 4.82. The SMILES string of the molecule is CC(C)Nc1cncc(-c2ncc3[nH]nc(-c4nc5c(-c6cc(F)cc(CCS(C)(=O)=O)c6)nccc5[nH]4)c3c2F)c1. The van der Waals surface area contributed by atoms with Crippen LogP contribution in [0.25, 0.3) is 56.0 Å². The molecule has 1 aromatic carbocycles. The van der Waals surface area contributed by atoms with Gasteiger partial charge in [-0.15, -0.1) is 0 Å². The number of aromatic amines is 2. The predicted molar refractivity (Wildman–Crippen MR) is 158 cm³/mol. The molecule has 0 spiro atoms. The molecule has 0 aliphatic rings. The third-order valence-corrected chi connectivity index (χ3v) is 7.57. The third kappa shape index (κ3) is 5.42. The van der Waals surface area contributed by atoms with Crippen molar-refractivity contribution in [2.75, 3.05) is 17.3 Å². The van der Waals surface area contributed by atoms with Gasteiger partial charge >= 0.3 is 0 Å². The fraction of sp³-hybridized carbons (Fsp3) is 0.207. The highest BCUT2D eigenvalue weighted by Gasteiger charge is 2.22. The molecule has 0 bridgehead atoms. The predicted octanol–water partition coefficient (Wildman–Crippen LogP) is 5.31. The van der Waals surface area contributed by atoms with Gasteiger partial charge in [-0.3, -0.25) is 20.1 Å². The van der Waals surface area contributed by atoms with Crippen LogP contribution in [0.3, 0.4) is 0 Å². The first kappa shape index (κ1) is 27.4. The zero-order chi connectivity index (χ0) is 29.6. The van der Waals surface area contributed by atoms with Gasteiger partial charge in [-0.25, -0.2) is 22.2 Å². The monoisotopic (exact) mass is 588 g/mol. The van der Waals surface area contributed by atoms with Crippen LogP contribution in [0.4, 0.5) is 14.5 Å². The van der Waals surface area contributed by atoms with Crippen LogP contribution in [0.2, 0.25) is 0 Å². The van der Waals surface area contributed by atoms with Gasteiger partial charge in [-0.2, -0.15) is 5.10 Å². The van der Waals surface area contributed by atoms with Gasteiger partial charge in [0.15, 0.2) is 11.6 Å². The average Bonchev–Trinajstić information content (AvgIpc) is 3.56. The molecule has 5 heterocycles. The van der Waals surface area contributed by atoms with Gasteiger partial charge in [0.2, 0.25) is 0 Å². The summed E-state index contributed by atoms with van der Waals surface area (Å²) in [4.78, 5) is 20.8. The van der Waals surface area contributed by atoms with Crippen molar-refractivity contribution in [1.82, 2.24) is 35.1 Å². The number of nitrogens with one attached hydrogen (secondary N) is 3. The Bertz CT molecular complexity index is 2070. The Balaban J connectivity index is 1.43. The first-order valence-corrected chi connectivity index (χ1v) is 15.2. The summed E-state index contributed by atoms with van der Waals surface area (Å²) in [6.45, 7) is 3.99. The number of pyridine rings is 3. The molecular formula is C29H26F2N8O2S. The number of aromatic nitrogens is 7. The number of anilines is 1. The molecule has 0 unspecified atom stereocenters. The van der Waals surface area contributed by atoms with Gasteiger partial charge in [0.05, 0.1) is 39.8 Å². The van der Waals surface area contributed by atoms with E-state index in [4.69, 9.17) is 0 Å². The molecule has 0 fully saturated rings. The van der Waals surface area contributed by atoms with E-state index < -0.39 is 21.5 Å². The Morgan fingerprint density at radius 1 is 0.952 bits per heavy atom. The van der Waals surface area contributed by atoms with E-state index in [1.807, 2.05) is 13.8 Å². The molecule has 42 heavy (non-hydrogen) atoms. The molecule has 214 valence electrons. The summed E-state index contributed by atoms with van der Waals surface area (Å²) < 4.78 is 53.9. The highest BCUT2D eigenvalue weighted by atomic mass is 32.2. The molecule has 10 nitrogen and oxygen atoms in total. The highest BCUT2D eigenvalue weighted by molar-refractivity contribution is 7.90. The van der Waals surface area contributed by atoms with Crippen molar-refractivity contribution >= 4 is 37.5 Å². The topological polar surface area (TPSA) is 142 Å². The Labute approximate surface area is 239 Å². The molecule has 0 saturated carbocycles. The van der Waals surface area contributed by atoms with Crippen molar-refractivity contribution in [3.05, 3.63) is 72.3 Å². The third-order valence-electron chi connectivity index (χ3n) is 6.63. The van der Waals surface area contributed by atoms with E-state index in [0.29, 0.717) is 38.9 Å². The minimum absolute atomic E-state index is 0.108. The lowest BCUT2D eigenvalue weighted by Crippen LogP contribution is -2.09. The van der Waals surface area contributed by atoms with Crippen LogP contribution in [-0.2, 0) is 16.3 Å². The minimum Gasteiger partial charge on any atom is -0.382 e. The molecule has 3 N–H and O–H groups in total. The number of benzene rings is 1. The molecule has 0 saturated heterocycles. The number of hydrogen-bond donors (Lipinski definition) is 3. The molecule has 6 rings (SSSR count). The van der Waals surface area contributed by atoms with Gasteiger partial charge < -0.3 is 10.3 Å². The summed E-state index contributed by atoms with van der Waals surface area (Å²) in [5.41, 5.74) is 4.34. The highest BCUT2D eigenvalue weighted by Crippen LogP contribution is 2.34. The summed E-state index contributed by atoms with van der Waals surface area (Å²) >= 11 is 0. The Kier molecular flexibility index (Phi) is 6.89. The molecule has 0 atom stereocenters. The van der Waals surface area contributed by atoms with Gasteiger partial charge in [0, 0.05) is 42.0 Å². The average molecular weight is 589 g/mol. The van der Waals surface area contributed by atoms with Crippen LogP contribution in [0.5, 0.6) is 0 Å². The molecule has 13 heteroatoms. The Morgan fingerprint density at radius 3 is 2.57 bits per heavy atom. The van der Waals surface area contributed by atoms with Crippen LogP contribution in [0.1, 0.15) is 19.4 Å². The normalized spacial score (nSPS) is 12.0. The summed E-state index contributed by atoms with van der Waals surface area (Å²) in [6, 6.07) is 7.98. The van der Waals surface area contributed by atoms with Gasteiger partial charge in [0.1, 0.15) is 32.6 Å². The number of hydrogen-bond acceptors (Lipinski definition) is 8. The van der Waals surface area contributed by atoms with Crippen LogP contribution >= 0.6 is 0 Å². The first-order chi connectivity index (χ1) is 20.1. The summed E-state index contributed by atoms with van der Waals surface area (Å²) in [5, 5.41) is 10.6. The summed E-state index contributed by atoms with van der Waals surface area (Å²) in [7, 11) is -3.23. The maximum atomic E-state index is 16.1. The quantitative estimate of drug-likeness (QED) is 0.217. The second-order valence-electron chi connectivity index (χ2n) is 10.4. The molecule has 0 radical (unpaired) electrons. The van der Waals surface area contributed by atoms with Crippen LogP contribution in [0.15, 0.2) is 55.1 Å². The zero-order valence-corrected chi connectivity index (χ0v) is 23.7. The number of sulfone groups is 1. The van der Waals surface area contributed by atoms with Crippen molar-refractivity contribution in [1.29, 1.82) is 0 Å².